The van der Waals surface area contributed by atoms with E-state index in [1.165, 1.54) is 0 Å². The summed E-state index contributed by atoms with van der Waals surface area (Å²) in [6.45, 7) is -0.604. The molecule has 0 unspecified atom stereocenters. The zero-order chi connectivity index (χ0) is 17.7. The number of carbonyl (C=O) groups is 1. The monoisotopic (exact) mass is 364 g/mol. The van der Waals surface area contributed by atoms with Gasteiger partial charge in [0.1, 0.15) is 0 Å². The minimum atomic E-state index is -3.63. The summed E-state index contributed by atoms with van der Waals surface area (Å²) in [5.74, 6) is -5.47. The van der Waals surface area contributed by atoms with Gasteiger partial charge in [-0.05, 0) is 30.9 Å². The molecule has 1 aliphatic rings. The third kappa shape index (κ3) is 5.20. The van der Waals surface area contributed by atoms with E-state index >= 15 is 0 Å². The third-order valence-electron chi connectivity index (χ3n) is 3.94. The molecule has 1 aromatic carbocycles. The van der Waals surface area contributed by atoms with Gasteiger partial charge >= 0.3 is 0 Å². The van der Waals surface area contributed by atoms with E-state index in [0.717, 1.165) is 38.2 Å². The highest BCUT2D eigenvalue weighted by molar-refractivity contribution is 7.89. The van der Waals surface area contributed by atoms with E-state index in [-0.39, 0.29) is 11.7 Å². The van der Waals surface area contributed by atoms with Gasteiger partial charge in [-0.15, -0.1) is 0 Å². The number of halogens is 3. The second-order valence-corrected chi connectivity index (χ2v) is 7.73. The molecule has 1 aromatic rings. The van der Waals surface area contributed by atoms with Crippen LogP contribution in [0.3, 0.4) is 0 Å². The number of sulfonamides is 1. The molecule has 1 saturated carbocycles. The van der Waals surface area contributed by atoms with E-state index in [2.05, 4.69) is 4.72 Å². The minimum absolute atomic E-state index is 0.0557. The van der Waals surface area contributed by atoms with Gasteiger partial charge in [0.05, 0.1) is 18.0 Å². The van der Waals surface area contributed by atoms with Crippen molar-refractivity contribution in [2.45, 2.75) is 32.1 Å². The van der Waals surface area contributed by atoms with Crippen LogP contribution < -0.4 is 10.0 Å². The fourth-order valence-electron chi connectivity index (χ4n) is 2.72. The van der Waals surface area contributed by atoms with Crippen LogP contribution in [0.1, 0.15) is 32.1 Å². The first-order chi connectivity index (χ1) is 11.3. The lowest BCUT2D eigenvalue weighted by atomic mass is 9.91. The molecule has 1 amide bonds. The summed E-state index contributed by atoms with van der Waals surface area (Å²) < 4.78 is 65.3. The maximum atomic E-state index is 13.4. The van der Waals surface area contributed by atoms with E-state index in [9.17, 15) is 26.4 Å². The number of rotatable bonds is 6. The molecule has 5 nitrogen and oxygen atoms in total. The molecule has 9 heteroatoms. The number of hydrogen-bond acceptors (Lipinski definition) is 3. The molecule has 0 radical (unpaired) electrons. The standard InChI is InChI=1S/C15H19F3N2O3S/c16-11-6-7-12(15(18)14(11)17)20-13(21)8-19-24(22,23)9-10-4-2-1-3-5-10/h6-7,10,19H,1-5,8-9H2,(H,20,21). The van der Waals surface area contributed by atoms with Crippen LogP contribution in [-0.2, 0) is 14.8 Å². The molecule has 0 spiro atoms. The smallest absolute Gasteiger partial charge is 0.239 e. The number of carbonyl (C=O) groups excluding carboxylic acids is 1. The lowest BCUT2D eigenvalue weighted by Crippen LogP contribution is -2.36. The van der Waals surface area contributed by atoms with E-state index in [1.807, 2.05) is 5.32 Å². The first kappa shape index (κ1) is 18.7. The molecule has 0 atom stereocenters. The number of anilines is 1. The molecule has 0 aliphatic heterocycles. The summed E-state index contributed by atoms with van der Waals surface area (Å²) in [5, 5.41) is 2.01. The Morgan fingerprint density at radius 2 is 1.75 bits per heavy atom. The third-order valence-corrected chi connectivity index (χ3v) is 5.44. The van der Waals surface area contributed by atoms with Gasteiger partial charge in [-0.1, -0.05) is 19.3 Å². The Labute approximate surface area is 138 Å². The molecule has 1 aliphatic carbocycles. The molecule has 0 aromatic heterocycles. The van der Waals surface area contributed by atoms with E-state index < -0.39 is 45.6 Å². The van der Waals surface area contributed by atoms with Gasteiger partial charge in [-0.3, -0.25) is 4.79 Å². The van der Waals surface area contributed by atoms with Gasteiger partial charge in [0.2, 0.25) is 15.9 Å². The van der Waals surface area contributed by atoms with Gasteiger partial charge in [-0.25, -0.2) is 26.3 Å². The maximum absolute atomic E-state index is 13.4. The quantitative estimate of drug-likeness (QED) is 0.762. The Morgan fingerprint density at radius 1 is 1.08 bits per heavy atom. The number of hydrogen-bond donors (Lipinski definition) is 2. The number of amides is 1. The Kier molecular flexibility index (Phi) is 6.22. The predicted octanol–water partition coefficient (Wildman–Crippen LogP) is 2.54. The van der Waals surface area contributed by atoms with Gasteiger partial charge in [0.15, 0.2) is 17.5 Å². The summed E-state index contributed by atoms with van der Waals surface area (Å²) in [7, 11) is -3.63. The molecule has 2 rings (SSSR count). The van der Waals surface area contributed by atoms with Gasteiger partial charge in [0.25, 0.3) is 0 Å². The Balaban J connectivity index is 1.87. The van der Waals surface area contributed by atoms with Crippen molar-refractivity contribution < 1.29 is 26.4 Å². The summed E-state index contributed by atoms with van der Waals surface area (Å²) >= 11 is 0. The molecule has 0 heterocycles. The maximum Gasteiger partial charge on any atom is 0.239 e. The van der Waals surface area contributed by atoms with Crippen molar-refractivity contribution in [1.82, 2.24) is 4.72 Å². The van der Waals surface area contributed by atoms with Gasteiger partial charge in [-0.2, -0.15) is 0 Å². The fraction of sp³-hybridized carbons (Fsp3) is 0.533. The summed E-state index contributed by atoms with van der Waals surface area (Å²) in [4.78, 5) is 11.7. The lowest BCUT2D eigenvalue weighted by molar-refractivity contribution is -0.115. The van der Waals surface area contributed by atoms with Gasteiger partial charge in [0, 0.05) is 0 Å². The predicted molar refractivity (Wildman–Crippen MR) is 83.3 cm³/mol. The number of benzene rings is 1. The van der Waals surface area contributed by atoms with Crippen LogP contribution >= 0.6 is 0 Å². The first-order valence-electron chi connectivity index (χ1n) is 7.69. The van der Waals surface area contributed by atoms with Crippen molar-refractivity contribution in [2.24, 2.45) is 5.92 Å². The van der Waals surface area contributed by atoms with Crippen molar-refractivity contribution in [2.75, 3.05) is 17.6 Å². The zero-order valence-electron chi connectivity index (χ0n) is 12.9. The van der Waals surface area contributed by atoms with E-state index in [0.29, 0.717) is 6.07 Å². The van der Waals surface area contributed by atoms with E-state index in [4.69, 9.17) is 0 Å². The SMILES string of the molecule is O=C(CNS(=O)(=O)CC1CCCCC1)Nc1ccc(F)c(F)c1F. The molecular formula is C15H19F3N2O3S. The topological polar surface area (TPSA) is 75.3 Å². The molecule has 24 heavy (non-hydrogen) atoms. The summed E-state index contributed by atoms with van der Waals surface area (Å²) in [6.07, 6.45) is 4.78. The highest BCUT2D eigenvalue weighted by Crippen LogP contribution is 2.24. The van der Waals surface area contributed by atoms with Crippen molar-refractivity contribution >= 4 is 21.6 Å². The molecule has 0 saturated heterocycles. The first-order valence-corrected chi connectivity index (χ1v) is 9.34. The highest BCUT2D eigenvalue weighted by atomic mass is 32.2. The number of nitrogens with one attached hydrogen (secondary N) is 2. The highest BCUT2D eigenvalue weighted by Gasteiger charge is 2.22. The van der Waals surface area contributed by atoms with Crippen molar-refractivity contribution in [3.63, 3.8) is 0 Å². The zero-order valence-corrected chi connectivity index (χ0v) is 13.8. The summed E-state index contributed by atoms with van der Waals surface area (Å²) in [6, 6.07) is 1.53. The minimum Gasteiger partial charge on any atom is -0.322 e. The van der Waals surface area contributed by atoms with E-state index in [1.54, 1.807) is 0 Å². The normalized spacial score (nSPS) is 16.1. The van der Waals surface area contributed by atoms with Crippen molar-refractivity contribution in [1.29, 1.82) is 0 Å². The molecular weight excluding hydrogens is 345 g/mol. The summed E-state index contributed by atoms with van der Waals surface area (Å²) in [5.41, 5.74) is -0.551. The van der Waals surface area contributed by atoms with Crippen LogP contribution in [0.25, 0.3) is 0 Å². The Bertz CT molecular complexity index is 704. The van der Waals surface area contributed by atoms with Crippen LogP contribution in [0.2, 0.25) is 0 Å². The lowest BCUT2D eigenvalue weighted by Gasteiger charge is -2.21. The second kappa shape index (κ2) is 7.98. The molecule has 134 valence electrons. The van der Waals surface area contributed by atoms with Crippen molar-refractivity contribution in [3.8, 4) is 0 Å². The van der Waals surface area contributed by atoms with Crippen molar-refractivity contribution in [3.05, 3.63) is 29.6 Å². The Morgan fingerprint density at radius 3 is 2.42 bits per heavy atom. The Hall–Kier alpha value is -1.61. The fourth-order valence-corrected chi connectivity index (χ4v) is 4.14. The molecule has 2 N–H and O–H groups in total. The van der Waals surface area contributed by atoms with Crippen LogP contribution in [0.15, 0.2) is 12.1 Å². The van der Waals surface area contributed by atoms with Crippen LogP contribution in [-0.4, -0.2) is 26.6 Å². The second-order valence-electron chi connectivity index (χ2n) is 5.88. The van der Waals surface area contributed by atoms with Crippen LogP contribution in [0.5, 0.6) is 0 Å². The van der Waals surface area contributed by atoms with Crippen LogP contribution in [0.4, 0.5) is 18.9 Å². The molecule has 1 fully saturated rings. The molecule has 0 bridgehead atoms. The van der Waals surface area contributed by atoms with Crippen LogP contribution in [0, 0.1) is 23.4 Å². The average Bonchev–Trinajstić information content (AvgIpc) is 2.54. The van der Waals surface area contributed by atoms with Gasteiger partial charge < -0.3 is 5.32 Å². The largest absolute Gasteiger partial charge is 0.322 e. The average molecular weight is 364 g/mol.